The van der Waals surface area contributed by atoms with Crippen molar-refractivity contribution in [3.05, 3.63) is 34.6 Å². The summed E-state index contributed by atoms with van der Waals surface area (Å²) in [6.45, 7) is 2.92. The number of nitrogens with one attached hydrogen (secondary N) is 1. The summed E-state index contributed by atoms with van der Waals surface area (Å²) in [6, 6.07) is 4.47. The number of carbonyl (C=O) groups is 1. The minimum Gasteiger partial charge on any atom is -0.352 e. The van der Waals surface area contributed by atoms with Gasteiger partial charge in [-0.05, 0) is 49.3 Å². The normalized spacial score (nSPS) is 25.6. The molecular weight excluding hydrogens is 291 g/mol. The predicted molar refractivity (Wildman–Crippen MR) is 82.4 cm³/mol. The number of hydrogen-bond donors (Lipinski definition) is 2. The molecule has 1 aliphatic carbocycles. The van der Waals surface area contributed by atoms with Crippen molar-refractivity contribution in [3.63, 3.8) is 0 Å². The van der Waals surface area contributed by atoms with E-state index in [9.17, 15) is 9.18 Å². The van der Waals surface area contributed by atoms with E-state index >= 15 is 0 Å². The molecule has 0 atom stereocenters. The molecule has 1 aromatic carbocycles. The van der Waals surface area contributed by atoms with Gasteiger partial charge in [-0.15, -0.1) is 0 Å². The summed E-state index contributed by atoms with van der Waals surface area (Å²) in [7, 11) is 0. The molecule has 116 valence electrons. The van der Waals surface area contributed by atoms with Crippen molar-refractivity contribution < 1.29 is 9.18 Å². The Kier molecular flexibility index (Phi) is 5.22. The summed E-state index contributed by atoms with van der Waals surface area (Å²) in [5.74, 6) is 0.206. The Morgan fingerprint density at radius 1 is 1.48 bits per heavy atom. The van der Waals surface area contributed by atoms with Gasteiger partial charge < -0.3 is 11.1 Å². The van der Waals surface area contributed by atoms with E-state index in [2.05, 4.69) is 12.2 Å². The minimum atomic E-state index is -0.452. The summed E-state index contributed by atoms with van der Waals surface area (Å²) < 4.78 is 13.1. The Morgan fingerprint density at radius 2 is 2.14 bits per heavy atom. The van der Waals surface area contributed by atoms with Crippen LogP contribution < -0.4 is 11.1 Å². The van der Waals surface area contributed by atoms with E-state index in [-0.39, 0.29) is 10.9 Å². The molecule has 3 nitrogen and oxygen atoms in total. The molecule has 0 aliphatic heterocycles. The van der Waals surface area contributed by atoms with Crippen molar-refractivity contribution in [1.29, 1.82) is 0 Å². The number of carbonyl (C=O) groups excluding carboxylic acids is 1. The van der Waals surface area contributed by atoms with Gasteiger partial charge in [0.25, 0.3) is 0 Å². The molecule has 0 aromatic heterocycles. The average Bonchev–Trinajstić information content (AvgIpc) is 2.49. The van der Waals surface area contributed by atoms with Gasteiger partial charge >= 0.3 is 0 Å². The van der Waals surface area contributed by atoms with Crippen molar-refractivity contribution in [1.82, 2.24) is 5.32 Å². The zero-order valence-corrected chi connectivity index (χ0v) is 13.0. The highest BCUT2D eigenvalue weighted by atomic mass is 35.5. The predicted octanol–water partition coefficient (Wildman–Crippen LogP) is 3.25. The summed E-state index contributed by atoms with van der Waals surface area (Å²) >= 11 is 5.74. The SMILES string of the molecule is CC1CCC(CN)(C(=O)NCc2ccc(F)c(Cl)c2)CC1. The third-order valence-corrected chi connectivity index (χ3v) is 4.83. The second kappa shape index (κ2) is 6.75. The van der Waals surface area contributed by atoms with Crippen LogP contribution in [0.4, 0.5) is 4.39 Å². The van der Waals surface area contributed by atoms with Gasteiger partial charge in [-0.3, -0.25) is 4.79 Å². The van der Waals surface area contributed by atoms with E-state index in [1.54, 1.807) is 6.07 Å². The molecule has 1 saturated carbocycles. The monoisotopic (exact) mass is 312 g/mol. The number of amides is 1. The first kappa shape index (κ1) is 16.2. The first-order valence-corrected chi connectivity index (χ1v) is 7.77. The van der Waals surface area contributed by atoms with E-state index in [0.29, 0.717) is 19.0 Å². The quantitative estimate of drug-likeness (QED) is 0.896. The molecule has 1 aliphatic rings. The van der Waals surface area contributed by atoms with Crippen LogP contribution in [0.15, 0.2) is 18.2 Å². The molecule has 1 fully saturated rings. The number of nitrogens with two attached hydrogens (primary N) is 1. The van der Waals surface area contributed by atoms with Crippen LogP contribution in [0.3, 0.4) is 0 Å². The van der Waals surface area contributed by atoms with Crippen LogP contribution >= 0.6 is 11.6 Å². The molecule has 0 bridgehead atoms. The van der Waals surface area contributed by atoms with Crippen LogP contribution in [0, 0.1) is 17.2 Å². The van der Waals surface area contributed by atoms with E-state index in [0.717, 1.165) is 31.2 Å². The molecule has 2 rings (SSSR count). The van der Waals surface area contributed by atoms with Crippen LogP contribution in [0.2, 0.25) is 5.02 Å². The van der Waals surface area contributed by atoms with E-state index in [1.165, 1.54) is 12.1 Å². The van der Waals surface area contributed by atoms with Gasteiger partial charge in [-0.2, -0.15) is 0 Å². The fourth-order valence-electron chi connectivity index (χ4n) is 2.86. The van der Waals surface area contributed by atoms with Crippen LogP contribution in [0.25, 0.3) is 0 Å². The number of hydrogen-bond acceptors (Lipinski definition) is 2. The summed E-state index contributed by atoms with van der Waals surface area (Å²) in [5.41, 5.74) is 6.20. The molecule has 1 amide bonds. The highest BCUT2D eigenvalue weighted by molar-refractivity contribution is 6.30. The van der Waals surface area contributed by atoms with Crippen molar-refractivity contribution in [2.45, 2.75) is 39.2 Å². The lowest BCUT2D eigenvalue weighted by Gasteiger charge is -2.37. The van der Waals surface area contributed by atoms with Crippen LogP contribution in [0.5, 0.6) is 0 Å². The second-order valence-corrected chi connectivity index (χ2v) is 6.51. The molecule has 1 aromatic rings. The minimum absolute atomic E-state index is 0.00246. The van der Waals surface area contributed by atoms with E-state index in [1.807, 2.05) is 0 Å². The van der Waals surface area contributed by atoms with Gasteiger partial charge in [-0.25, -0.2) is 4.39 Å². The van der Waals surface area contributed by atoms with Crippen LogP contribution in [-0.2, 0) is 11.3 Å². The van der Waals surface area contributed by atoms with Gasteiger partial charge in [0.15, 0.2) is 0 Å². The molecular formula is C16H22ClFN2O. The maximum Gasteiger partial charge on any atom is 0.227 e. The topological polar surface area (TPSA) is 55.1 Å². The zero-order chi connectivity index (χ0) is 15.5. The number of halogens is 2. The molecule has 3 N–H and O–H groups in total. The molecule has 5 heteroatoms. The largest absolute Gasteiger partial charge is 0.352 e. The van der Waals surface area contributed by atoms with Gasteiger partial charge in [0.1, 0.15) is 5.82 Å². The lowest BCUT2D eigenvalue weighted by Crippen LogP contribution is -2.47. The third-order valence-electron chi connectivity index (χ3n) is 4.54. The maximum absolute atomic E-state index is 13.1. The third kappa shape index (κ3) is 3.74. The lowest BCUT2D eigenvalue weighted by molar-refractivity contribution is -0.133. The zero-order valence-electron chi connectivity index (χ0n) is 12.3. The van der Waals surface area contributed by atoms with Crippen molar-refractivity contribution in [3.8, 4) is 0 Å². The molecule has 0 saturated heterocycles. The highest BCUT2D eigenvalue weighted by Crippen LogP contribution is 2.38. The van der Waals surface area contributed by atoms with Crippen LogP contribution in [0.1, 0.15) is 38.2 Å². The molecule has 0 heterocycles. The fourth-order valence-corrected chi connectivity index (χ4v) is 3.06. The Balaban J connectivity index is 1.98. The van der Waals surface area contributed by atoms with Gasteiger partial charge in [-0.1, -0.05) is 24.6 Å². The van der Waals surface area contributed by atoms with Crippen molar-refractivity contribution >= 4 is 17.5 Å². The Hall–Kier alpha value is -1.13. The molecule has 0 radical (unpaired) electrons. The van der Waals surface area contributed by atoms with Gasteiger partial charge in [0.05, 0.1) is 10.4 Å². The number of rotatable bonds is 4. The Morgan fingerprint density at radius 3 is 2.71 bits per heavy atom. The Labute approximate surface area is 130 Å². The van der Waals surface area contributed by atoms with E-state index < -0.39 is 11.2 Å². The van der Waals surface area contributed by atoms with Crippen molar-refractivity contribution in [2.75, 3.05) is 6.54 Å². The highest BCUT2D eigenvalue weighted by Gasteiger charge is 2.39. The van der Waals surface area contributed by atoms with Crippen LogP contribution in [-0.4, -0.2) is 12.5 Å². The fraction of sp³-hybridized carbons (Fsp3) is 0.562. The van der Waals surface area contributed by atoms with Crippen molar-refractivity contribution in [2.24, 2.45) is 17.1 Å². The summed E-state index contributed by atoms with van der Waals surface area (Å²) in [4.78, 5) is 12.5. The second-order valence-electron chi connectivity index (χ2n) is 6.10. The Bertz CT molecular complexity index is 513. The lowest BCUT2D eigenvalue weighted by atomic mass is 9.70. The summed E-state index contributed by atoms with van der Waals surface area (Å²) in [5, 5.41) is 2.99. The number of benzene rings is 1. The molecule has 21 heavy (non-hydrogen) atoms. The van der Waals surface area contributed by atoms with Gasteiger partial charge in [0.2, 0.25) is 5.91 Å². The first-order valence-electron chi connectivity index (χ1n) is 7.39. The van der Waals surface area contributed by atoms with E-state index in [4.69, 9.17) is 17.3 Å². The summed E-state index contributed by atoms with van der Waals surface area (Å²) in [6.07, 6.45) is 3.74. The average molecular weight is 313 g/mol. The van der Waals surface area contributed by atoms with Gasteiger partial charge in [0, 0.05) is 13.1 Å². The standard InChI is InChI=1S/C16H22ClFN2O/c1-11-4-6-16(10-19,7-5-11)15(21)20-9-12-2-3-14(18)13(17)8-12/h2-3,8,11H,4-7,9-10,19H2,1H3,(H,20,21). The molecule has 0 spiro atoms. The smallest absolute Gasteiger partial charge is 0.227 e. The first-order chi connectivity index (χ1) is 9.97. The maximum atomic E-state index is 13.1. The molecule has 0 unspecified atom stereocenters.